The Morgan fingerprint density at radius 2 is 2.11 bits per heavy atom. The van der Waals surface area contributed by atoms with Crippen LogP contribution in [0.2, 0.25) is 0 Å². The van der Waals surface area contributed by atoms with Gasteiger partial charge in [0.25, 0.3) is 0 Å². The van der Waals surface area contributed by atoms with Gasteiger partial charge in [0.05, 0.1) is 6.61 Å². The molecular formula is C16H25NO. The van der Waals surface area contributed by atoms with Crippen LogP contribution in [0.4, 0.5) is 0 Å². The molecule has 2 N–H and O–H groups in total. The molecule has 2 heteroatoms. The third-order valence-corrected chi connectivity index (χ3v) is 3.90. The van der Waals surface area contributed by atoms with E-state index in [1.807, 2.05) is 6.07 Å². The van der Waals surface area contributed by atoms with Crippen LogP contribution in [0.3, 0.4) is 0 Å². The molecule has 1 heterocycles. The monoisotopic (exact) mass is 247 g/mol. The average Bonchev–Trinajstić information content (AvgIpc) is 2.43. The van der Waals surface area contributed by atoms with E-state index in [-0.39, 0.29) is 6.04 Å². The van der Waals surface area contributed by atoms with Crippen molar-refractivity contribution >= 4 is 0 Å². The molecule has 0 fully saturated rings. The van der Waals surface area contributed by atoms with Crippen molar-refractivity contribution in [2.75, 3.05) is 6.61 Å². The number of fused-ring (bicyclic) bond motifs is 1. The van der Waals surface area contributed by atoms with Crippen LogP contribution in [0.1, 0.15) is 44.6 Å². The summed E-state index contributed by atoms with van der Waals surface area (Å²) in [6, 6.07) is 8.61. The lowest BCUT2D eigenvalue weighted by Gasteiger charge is -2.29. The van der Waals surface area contributed by atoms with Crippen molar-refractivity contribution in [3.63, 3.8) is 0 Å². The SMILES string of the molecule is CCCCCCC(N)C1COc2ccccc2C1. The second-order valence-corrected chi connectivity index (χ2v) is 5.40. The van der Waals surface area contributed by atoms with Gasteiger partial charge in [0, 0.05) is 12.0 Å². The molecule has 0 bridgehead atoms. The molecular weight excluding hydrogens is 222 g/mol. The predicted molar refractivity (Wildman–Crippen MR) is 75.9 cm³/mol. The van der Waals surface area contributed by atoms with Crippen molar-refractivity contribution in [2.24, 2.45) is 11.7 Å². The van der Waals surface area contributed by atoms with Gasteiger partial charge in [-0.15, -0.1) is 0 Å². The van der Waals surface area contributed by atoms with Crippen LogP contribution >= 0.6 is 0 Å². The lowest BCUT2D eigenvalue weighted by molar-refractivity contribution is 0.194. The molecule has 2 unspecified atom stereocenters. The normalized spacial score (nSPS) is 20.0. The van der Waals surface area contributed by atoms with Crippen LogP contribution in [0.15, 0.2) is 24.3 Å². The van der Waals surface area contributed by atoms with Crippen LogP contribution in [0, 0.1) is 5.92 Å². The maximum atomic E-state index is 6.31. The summed E-state index contributed by atoms with van der Waals surface area (Å²) in [5.41, 5.74) is 7.63. The quantitative estimate of drug-likeness (QED) is 0.780. The molecule has 18 heavy (non-hydrogen) atoms. The molecule has 2 rings (SSSR count). The molecule has 0 saturated heterocycles. The lowest BCUT2D eigenvalue weighted by atomic mass is 9.88. The van der Waals surface area contributed by atoms with E-state index >= 15 is 0 Å². The van der Waals surface area contributed by atoms with E-state index in [2.05, 4.69) is 25.1 Å². The highest BCUT2D eigenvalue weighted by atomic mass is 16.5. The predicted octanol–water partition coefficient (Wildman–Crippen LogP) is 3.54. The summed E-state index contributed by atoms with van der Waals surface area (Å²) in [6.45, 7) is 3.03. The van der Waals surface area contributed by atoms with Crippen LogP contribution in [-0.2, 0) is 6.42 Å². The Kier molecular flexibility index (Phi) is 5.06. The number of hydrogen-bond donors (Lipinski definition) is 1. The Morgan fingerprint density at radius 3 is 2.94 bits per heavy atom. The van der Waals surface area contributed by atoms with Crippen LogP contribution in [0.25, 0.3) is 0 Å². The van der Waals surface area contributed by atoms with Gasteiger partial charge >= 0.3 is 0 Å². The Hall–Kier alpha value is -1.02. The van der Waals surface area contributed by atoms with Crippen LogP contribution < -0.4 is 10.5 Å². The summed E-state index contributed by atoms with van der Waals surface area (Å²) >= 11 is 0. The molecule has 2 nitrogen and oxygen atoms in total. The third-order valence-electron chi connectivity index (χ3n) is 3.90. The highest BCUT2D eigenvalue weighted by Gasteiger charge is 2.24. The van der Waals surface area contributed by atoms with E-state index in [0.717, 1.165) is 25.2 Å². The highest BCUT2D eigenvalue weighted by molar-refractivity contribution is 5.35. The number of benzene rings is 1. The smallest absolute Gasteiger partial charge is 0.122 e. The minimum absolute atomic E-state index is 0.287. The Morgan fingerprint density at radius 1 is 1.28 bits per heavy atom. The van der Waals surface area contributed by atoms with E-state index in [1.165, 1.54) is 31.2 Å². The van der Waals surface area contributed by atoms with E-state index in [1.54, 1.807) is 0 Å². The molecule has 0 amide bonds. The molecule has 0 radical (unpaired) electrons. The minimum Gasteiger partial charge on any atom is -0.493 e. The van der Waals surface area contributed by atoms with E-state index in [0.29, 0.717) is 5.92 Å². The van der Waals surface area contributed by atoms with Gasteiger partial charge in [-0.2, -0.15) is 0 Å². The van der Waals surface area contributed by atoms with Gasteiger partial charge in [-0.05, 0) is 24.5 Å². The van der Waals surface area contributed by atoms with Gasteiger partial charge < -0.3 is 10.5 Å². The Balaban J connectivity index is 1.81. The molecule has 2 atom stereocenters. The minimum atomic E-state index is 0.287. The largest absolute Gasteiger partial charge is 0.493 e. The zero-order chi connectivity index (χ0) is 12.8. The number of ether oxygens (including phenoxy) is 1. The summed E-state index contributed by atoms with van der Waals surface area (Å²) < 4.78 is 5.80. The van der Waals surface area contributed by atoms with Crippen molar-refractivity contribution in [1.29, 1.82) is 0 Å². The van der Waals surface area contributed by atoms with Crippen LogP contribution in [0.5, 0.6) is 5.75 Å². The van der Waals surface area contributed by atoms with Crippen molar-refractivity contribution in [2.45, 2.75) is 51.5 Å². The van der Waals surface area contributed by atoms with Gasteiger partial charge in [0.15, 0.2) is 0 Å². The van der Waals surface area contributed by atoms with Gasteiger partial charge in [-0.1, -0.05) is 50.8 Å². The summed E-state index contributed by atoms with van der Waals surface area (Å²) in [4.78, 5) is 0. The fourth-order valence-electron chi connectivity index (χ4n) is 2.67. The van der Waals surface area contributed by atoms with Crippen molar-refractivity contribution in [3.8, 4) is 5.75 Å². The average molecular weight is 247 g/mol. The fourth-order valence-corrected chi connectivity index (χ4v) is 2.67. The number of nitrogens with two attached hydrogens (primary N) is 1. The molecule has 0 aromatic heterocycles. The molecule has 0 spiro atoms. The highest BCUT2D eigenvalue weighted by Crippen LogP contribution is 2.28. The first kappa shape index (κ1) is 13.4. The summed E-state index contributed by atoms with van der Waals surface area (Å²) in [6.07, 6.45) is 7.40. The zero-order valence-corrected chi connectivity index (χ0v) is 11.4. The maximum absolute atomic E-state index is 6.31. The first-order chi connectivity index (χ1) is 8.81. The number of para-hydroxylation sites is 1. The zero-order valence-electron chi connectivity index (χ0n) is 11.4. The molecule has 1 aliphatic rings. The Bertz CT molecular complexity index is 364. The van der Waals surface area contributed by atoms with E-state index in [9.17, 15) is 0 Å². The second-order valence-electron chi connectivity index (χ2n) is 5.40. The molecule has 0 saturated carbocycles. The summed E-state index contributed by atoms with van der Waals surface area (Å²) in [5, 5.41) is 0. The number of unbranched alkanes of at least 4 members (excludes halogenated alkanes) is 3. The number of rotatable bonds is 6. The van der Waals surface area contributed by atoms with Crippen LogP contribution in [-0.4, -0.2) is 12.6 Å². The first-order valence-electron chi connectivity index (χ1n) is 7.27. The maximum Gasteiger partial charge on any atom is 0.122 e. The standard InChI is InChI=1S/C16H25NO/c1-2-3-4-5-9-15(17)14-11-13-8-6-7-10-16(13)18-12-14/h6-8,10,14-15H,2-5,9,11-12,17H2,1H3. The molecule has 1 aromatic carbocycles. The summed E-state index contributed by atoms with van der Waals surface area (Å²) in [5.74, 6) is 1.54. The van der Waals surface area contributed by atoms with Crippen molar-refractivity contribution in [1.82, 2.24) is 0 Å². The summed E-state index contributed by atoms with van der Waals surface area (Å²) in [7, 11) is 0. The molecule has 0 aliphatic carbocycles. The third kappa shape index (κ3) is 3.49. The topological polar surface area (TPSA) is 35.2 Å². The van der Waals surface area contributed by atoms with Gasteiger partial charge in [0.2, 0.25) is 0 Å². The number of hydrogen-bond acceptors (Lipinski definition) is 2. The first-order valence-corrected chi connectivity index (χ1v) is 7.27. The lowest BCUT2D eigenvalue weighted by Crippen LogP contribution is -2.37. The van der Waals surface area contributed by atoms with E-state index < -0.39 is 0 Å². The van der Waals surface area contributed by atoms with Gasteiger partial charge in [0.1, 0.15) is 5.75 Å². The van der Waals surface area contributed by atoms with Crippen molar-refractivity contribution in [3.05, 3.63) is 29.8 Å². The molecule has 1 aliphatic heterocycles. The Labute approximate surface area is 111 Å². The van der Waals surface area contributed by atoms with Crippen molar-refractivity contribution < 1.29 is 4.74 Å². The molecule has 100 valence electrons. The molecule has 1 aromatic rings. The fraction of sp³-hybridized carbons (Fsp3) is 0.625. The van der Waals surface area contributed by atoms with Gasteiger partial charge in [-0.25, -0.2) is 0 Å². The van der Waals surface area contributed by atoms with E-state index in [4.69, 9.17) is 10.5 Å². The van der Waals surface area contributed by atoms with Gasteiger partial charge in [-0.3, -0.25) is 0 Å². The second kappa shape index (κ2) is 6.79.